The van der Waals surface area contributed by atoms with Crippen LogP contribution in [0.3, 0.4) is 0 Å². The molecule has 0 radical (unpaired) electrons. The molecule has 2 N–H and O–H groups in total. The molecule has 1 saturated carbocycles. The van der Waals surface area contributed by atoms with Crippen molar-refractivity contribution in [2.24, 2.45) is 0 Å². The van der Waals surface area contributed by atoms with Gasteiger partial charge in [0.1, 0.15) is 0 Å². The SMILES string of the molecule is CCOc1ccnc(NC2CCNC3(CCC3)C2)n1. The molecular formula is C14H22N4O. The lowest BCUT2D eigenvalue weighted by Gasteiger charge is -2.48. The summed E-state index contributed by atoms with van der Waals surface area (Å²) in [5, 5.41) is 7.13. The molecule has 1 saturated heterocycles. The molecule has 104 valence electrons. The van der Waals surface area contributed by atoms with Gasteiger partial charge in [0.2, 0.25) is 11.8 Å². The zero-order valence-electron chi connectivity index (χ0n) is 11.5. The second-order valence-corrected chi connectivity index (χ2v) is 5.55. The molecule has 0 amide bonds. The summed E-state index contributed by atoms with van der Waals surface area (Å²) in [5.41, 5.74) is 0.396. The lowest BCUT2D eigenvalue weighted by molar-refractivity contribution is 0.135. The highest BCUT2D eigenvalue weighted by atomic mass is 16.5. The summed E-state index contributed by atoms with van der Waals surface area (Å²) in [6.07, 6.45) is 8.03. The topological polar surface area (TPSA) is 59.1 Å². The maximum atomic E-state index is 5.41. The summed E-state index contributed by atoms with van der Waals surface area (Å²) in [6, 6.07) is 2.27. The minimum Gasteiger partial charge on any atom is -0.478 e. The van der Waals surface area contributed by atoms with Crippen molar-refractivity contribution >= 4 is 5.95 Å². The number of rotatable bonds is 4. The summed E-state index contributed by atoms with van der Waals surface area (Å²) in [4.78, 5) is 8.67. The van der Waals surface area contributed by atoms with Crippen LogP contribution in [-0.2, 0) is 0 Å². The Morgan fingerprint density at radius 1 is 1.53 bits per heavy atom. The largest absolute Gasteiger partial charge is 0.478 e. The highest BCUT2D eigenvalue weighted by molar-refractivity contribution is 5.29. The van der Waals surface area contributed by atoms with E-state index in [1.165, 1.54) is 25.7 Å². The van der Waals surface area contributed by atoms with E-state index in [0.717, 1.165) is 13.0 Å². The molecule has 0 bridgehead atoms. The van der Waals surface area contributed by atoms with Crippen LogP contribution in [0.5, 0.6) is 5.88 Å². The number of piperidine rings is 1. The van der Waals surface area contributed by atoms with Gasteiger partial charge in [-0.2, -0.15) is 4.98 Å². The summed E-state index contributed by atoms with van der Waals surface area (Å²) in [5.74, 6) is 1.33. The fraction of sp³-hybridized carbons (Fsp3) is 0.714. The number of nitrogens with one attached hydrogen (secondary N) is 2. The summed E-state index contributed by atoms with van der Waals surface area (Å²) in [6.45, 7) is 3.68. The predicted molar refractivity (Wildman–Crippen MR) is 74.4 cm³/mol. The molecule has 5 nitrogen and oxygen atoms in total. The van der Waals surface area contributed by atoms with Crippen molar-refractivity contribution < 1.29 is 4.74 Å². The van der Waals surface area contributed by atoms with E-state index >= 15 is 0 Å². The number of hydrogen-bond donors (Lipinski definition) is 2. The second kappa shape index (κ2) is 5.33. The Morgan fingerprint density at radius 3 is 3.16 bits per heavy atom. The first kappa shape index (κ1) is 12.7. The fourth-order valence-electron chi connectivity index (χ4n) is 3.09. The molecule has 0 aromatic carbocycles. The van der Waals surface area contributed by atoms with Gasteiger partial charge < -0.3 is 15.4 Å². The number of anilines is 1. The molecule has 1 spiro atoms. The molecule has 1 aliphatic carbocycles. The maximum absolute atomic E-state index is 5.41. The molecule has 3 rings (SSSR count). The van der Waals surface area contributed by atoms with Crippen LogP contribution in [0.25, 0.3) is 0 Å². The van der Waals surface area contributed by atoms with Crippen LogP contribution in [0.1, 0.15) is 39.0 Å². The molecule has 5 heteroatoms. The monoisotopic (exact) mass is 262 g/mol. The van der Waals surface area contributed by atoms with Crippen molar-refractivity contribution in [3.8, 4) is 5.88 Å². The summed E-state index contributed by atoms with van der Waals surface area (Å²) in [7, 11) is 0. The normalized spacial score (nSPS) is 24.8. The van der Waals surface area contributed by atoms with Gasteiger partial charge in [0.15, 0.2) is 0 Å². The van der Waals surface area contributed by atoms with E-state index in [1.54, 1.807) is 12.3 Å². The summed E-state index contributed by atoms with van der Waals surface area (Å²) >= 11 is 0. The zero-order chi connectivity index (χ0) is 13.1. The second-order valence-electron chi connectivity index (χ2n) is 5.55. The number of nitrogens with zero attached hydrogens (tertiary/aromatic N) is 2. The third kappa shape index (κ3) is 2.81. The van der Waals surface area contributed by atoms with Crippen molar-refractivity contribution in [1.82, 2.24) is 15.3 Å². The first-order valence-electron chi connectivity index (χ1n) is 7.27. The molecular weight excluding hydrogens is 240 g/mol. The zero-order valence-corrected chi connectivity index (χ0v) is 11.5. The number of aromatic nitrogens is 2. The van der Waals surface area contributed by atoms with Crippen LogP contribution in [0.2, 0.25) is 0 Å². The van der Waals surface area contributed by atoms with Crippen LogP contribution in [0.15, 0.2) is 12.3 Å². The van der Waals surface area contributed by atoms with Gasteiger partial charge in [0.25, 0.3) is 0 Å². The van der Waals surface area contributed by atoms with E-state index < -0.39 is 0 Å². The van der Waals surface area contributed by atoms with Crippen LogP contribution in [0, 0.1) is 0 Å². The Bertz CT molecular complexity index is 433. The van der Waals surface area contributed by atoms with Crippen molar-refractivity contribution in [3.63, 3.8) is 0 Å². The minimum atomic E-state index is 0.396. The third-order valence-electron chi connectivity index (χ3n) is 4.20. The Kier molecular flexibility index (Phi) is 3.55. The van der Waals surface area contributed by atoms with Gasteiger partial charge in [-0.3, -0.25) is 0 Å². The molecule has 1 aliphatic heterocycles. The Morgan fingerprint density at radius 2 is 2.42 bits per heavy atom. The number of hydrogen-bond acceptors (Lipinski definition) is 5. The molecule has 2 heterocycles. The van der Waals surface area contributed by atoms with Gasteiger partial charge in [-0.15, -0.1) is 0 Å². The van der Waals surface area contributed by atoms with Gasteiger partial charge in [0, 0.05) is 23.8 Å². The number of ether oxygens (including phenoxy) is 1. The standard InChI is InChI=1S/C14H22N4O/c1-2-19-12-5-8-15-13(18-12)17-11-4-9-16-14(10-11)6-3-7-14/h5,8,11,16H,2-4,6-7,9-10H2,1H3,(H,15,17,18). The van der Waals surface area contributed by atoms with Gasteiger partial charge in [0.05, 0.1) is 6.61 Å². The molecule has 2 fully saturated rings. The van der Waals surface area contributed by atoms with E-state index in [1.807, 2.05) is 6.92 Å². The van der Waals surface area contributed by atoms with Crippen LogP contribution in [-0.4, -0.2) is 34.7 Å². The van der Waals surface area contributed by atoms with Crippen LogP contribution < -0.4 is 15.4 Å². The van der Waals surface area contributed by atoms with Gasteiger partial charge >= 0.3 is 0 Å². The Hall–Kier alpha value is -1.36. The first-order chi connectivity index (χ1) is 9.30. The van der Waals surface area contributed by atoms with Crippen molar-refractivity contribution in [3.05, 3.63) is 12.3 Å². The van der Waals surface area contributed by atoms with E-state index in [9.17, 15) is 0 Å². The minimum absolute atomic E-state index is 0.396. The van der Waals surface area contributed by atoms with Crippen molar-refractivity contribution in [2.45, 2.75) is 50.6 Å². The molecule has 1 aromatic rings. The highest BCUT2D eigenvalue weighted by Crippen LogP contribution is 2.38. The molecule has 19 heavy (non-hydrogen) atoms. The molecule has 1 unspecified atom stereocenters. The highest BCUT2D eigenvalue weighted by Gasteiger charge is 2.40. The molecule has 1 atom stereocenters. The quantitative estimate of drug-likeness (QED) is 0.868. The van der Waals surface area contributed by atoms with Gasteiger partial charge in [-0.1, -0.05) is 0 Å². The average molecular weight is 262 g/mol. The maximum Gasteiger partial charge on any atom is 0.226 e. The van der Waals surface area contributed by atoms with Crippen LogP contribution >= 0.6 is 0 Å². The van der Waals surface area contributed by atoms with Gasteiger partial charge in [-0.05, 0) is 45.6 Å². The molecule has 1 aromatic heterocycles. The van der Waals surface area contributed by atoms with E-state index in [-0.39, 0.29) is 0 Å². The van der Waals surface area contributed by atoms with Crippen molar-refractivity contribution in [1.29, 1.82) is 0 Å². The summed E-state index contributed by atoms with van der Waals surface area (Å²) < 4.78 is 5.41. The van der Waals surface area contributed by atoms with Crippen molar-refractivity contribution in [2.75, 3.05) is 18.5 Å². The fourth-order valence-corrected chi connectivity index (χ4v) is 3.09. The Labute approximate surface area is 114 Å². The third-order valence-corrected chi connectivity index (χ3v) is 4.20. The molecule has 2 aliphatic rings. The van der Waals surface area contributed by atoms with E-state index in [2.05, 4.69) is 20.6 Å². The predicted octanol–water partition coefficient (Wildman–Crippen LogP) is 1.96. The Balaban J connectivity index is 1.62. The lowest BCUT2D eigenvalue weighted by Crippen LogP contribution is -2.58. The lowest BCUT2D eigenvalue weighted by atomic mass is 9.70. The first-order valence-corrected chi connectivity index (χ1v) is 7.27. The van der Waals surface area contributed by atoms with E-state index in [0.29, 0.717) is 30.0 Å². The van der Waals surface area contributed by atoms with E-state index in [4.69, 9.17) is 4.74 Å². The van der Waals surface area contributed by atoms with Crippen LogP contribution in [0.4, 0.5) is 5.95 Å². The average Bonchev–Trinajstić information content (AvgIpc) is 2.38. The smallest absolute Gasteiger partial charge is 0.226 e. The van der Waals surface area contributed by atoms with Gasteiger partial charge in [-0.25, -0.2) is 4.98 Å².